The van der Waals surface area contributed by atoms with Crippen LogP contribution < -0.4 is 11.1 Å². The number of nitrogens with two attached hydrogens (primary N) is 1. The van der Waals surface area contributed by atoms with Crippen molar-refractivity contribution >= 4 is 17.2 Å². The van der Waals surface area contributed by atoms with Crippen LogP contribution in [0.2, 0.25) is 0 Å². The highest BCUT2D eigenvalue weighted by atomic mass is 32.1. The smallest absolute Gasteiger partial charge is 0.263 e. The first kappa shape index (κ1) is 13.5. The van der Waals surface area contributed by atoms with Crippen molar-refractivity contribution in [3.05, 3.63) is 15.6 Å². The SMILES string of the molecule is Cc1nc(C2CCCC2)sc1C(=O)NCCCN. The van der Waals surface area contributed by atoms with Crippen LogP contribution in [-0.4, -0.2) is 24.0 Å². The molecule has 1 aromatic heterocycles. The molecule has 0 unspecified atom stereocenters. The second-order valence-corrected chi connectivity index (χ2v) is 5.88. The number of carbonyl (C=O) groups excluding carboxylic acids is 1. The Morgan fingerprint density at radius 3 is 2.89 bits per heavy atom. The summed E-state index contributed by atoms with van der Waals surface area (Å²) < 4.78 is 0. The fourth-order valence-electron chi connectivity index (χ4n) is 2.36. The average Bonchev–Trinajstić information content (AvgIpc) is 2.97. The zero-order valence-electron chi connectivity index (χ0n) is 10.9. The lowest BCUT2D eigenvalue weighted by Gasteiger charge is -2.03. The molecular weight excluding hydrogens is 246 g/mol. The lowest BCUT2D eigenvalue weighted by atomic mass is 10.1. The van der Waals surface area contributed by atoms with E-state index < -0.39 is 0 Å². The molecule has 1 aromatic rings. The predicted molar refractivity (Wildman–Crippen MR) is 74.1 cm³/mol. The Balaban J connectivity index is 2.01. The number of nitrogens with zero attached hydrogens (tertiary/aromatic N) is 1. The van der Waals surface area contributed by atoms with E-state index >= 15 is 0 Å². The number of rotatable bonds is 5. The maximum atomic E-state index is 12.0. The van der Waals surface area contributed by atoms with Crippen LogP contribution in [0.4, 0.5) is 0 Å². The van der Waals surface area contributed by atoms with Gasteiger partial charge in [-0.15, -0.1) is 11.3 Å². The summed E-state index contributed by atoms with van der Waals surface area (Å²) in [4.78, 5) is 17.3. The van der Waals surface area contributed by atoms with Crippen molar-refractivity contribution in [1.29, 1.82) is 0 Å². The van der Waals surface area contributed by atoms with Crippen LogP contribution in [0.1, 0.15) is 58.4 Å². The Morgan fingerprint density at radius 2 is 2.22 bits per heavy atom. The highest BCUT2D eigenvalue weighted by Gasteiger charge is 2.23. The number of aromatic nitrogens is 1. The largest absolute Gasteiger partial charge is 0.351 e. The van der Waals surface area contributed by atoms with E-state index in [0.29, 0.717) is 19.0 Å². The van der Waals surface area contributed by atoms with Crippen molar-refractivity contribution in [2.75, 3.05) is 13.1 Å². The van der Waals surface area contributed by atoms with Crippen LogP contribution in [0.3, 0.4) is 0 Å². The summed E-state index contributed by atoms with van der Waals surface area (Å²) in [5, 5.41) is 4.04. The second kappa shape index (κ2) is 6.29. The number of aryl methyl sites for hydroxylation is 1. The monoisotopic (exact) mass is 267 g/mol. The Labute approximate surface area is 112 Å². The Hall–Kier alpha value is -0.940. The van der Waals surface area contributed by atoms with Crippen LogP contribution in [0.25, 0.3) is 0 Å². The molecule has 0 bridgehead atoms. The molecule has 4 nitrogen and oxygen atoms in total. The van der Waals surface area contributed by atoms with Gasteiger partial charge in [0.1, 0.15) is 4.88 Å². The van der Waals surface area contributed by atoms with Gasteiger partial charge in [0.15, 0.2) is 0 Å². The van der Waals surface area contributed by atoms with Gasteiger partial charge in [-0.2, -0.15) is 0 Å². The molecule has 0 atom stereocenters. The van der Waals surface area contributed by atoms with Crippen molar-refractivity contribution in [1.82, 2.24) is 10.3 Å². The lowest BCUT2D eigenvalue weighted by Crippen LogP contribution is -2.25. The summed E-state index contributed by atoms with van der Waals surface area (Å²) in [5.41, 5.74) is 6.28. The molecule has 1 aliphatic rings. The summed E-state index contributed by atoms with van der Waals surface area (Å²) in [6, 6.07) is 0. The zero-order valence-corrected chi connectivity index (χ0v) is 11.7. The molecule has 1 aliphatic carbocycles. The van der Waals surface area contributed by atoms with E-state index in [4.69, 9.17) is 5.73 Å². The molecule has 0 radical (unpaired) electrons. The molecular formula is C13H21N3OS. The first-order valence-corrected chi connectivity index (χ1v) is 7.49. The summed E-state index contributed by atoms with van der Waals surface area (Å²) in [5.74, 6) is 0.585. The summed E-state index contributed by atoms with van der Waals surface area (Å²) >= 11 is 1.57. The molecule has 0 saturated heterocycles. The van der Waals surface area contributed by atoms with E-state index in [1.54, 1.807) is 11.3 Å². The molecule has 0 aromatic carbocycles. The van der Waals surface area contributed by atoms with Gasteiger partial charge in [-0.3, -0.25) is 4.79 Å². The van der Waals surface area contributed by atoms with Gasteiger partial charge in [-0.05, 0) is 32.7 Å². The zero-order chi connectivity index (χ0) is 13.0. The molecule has 18 heavy (non-hydrogen) atoms. The number of hydrogen-bond donors (Lipinski definition) is 2. The number of thiazole rings is 1. The fraction of sp³-hybridized carbons (Fsp3) is 0.692. The van der Waals surface area contributed by atoms with Gasteiger partial charge in [-0.25, -0.2) is 4.98 Å². The maximum absolute atomic E-state index is 12.0. The van der Waals surface area contributed by atoms with Gasteiger partial charge in [0.2, 0.25) is 0 Å². The number of carbonyl (C=O) groups is 1. The molecule has 3 N–H and O–H groups in total. The Kier molecular flexibility index (Phi) is 4.72. The molecule has 1 heterocycles. The molecule has 1 fully saturated rings. The highest BCUT2D eigenvalue weighted by Crippen LogP contribution is 2.36. The molecule has 100 valence electrons. The number of hydrogen-bond acceptors (Lipinski definition) is 4. The molecule has 1 saturated carbocycles. The minimum absolute atomic E-state index is 0.00250. The molecule has 2 rings (SSSR count). The van der Waals surface area contributed by atoms with Crippen LogP contribution in [0, 0.1) is 6.92 Å². The van der Waals surface area contributed by atoms with E-state index in [9.17, 15) is 4.79 Å². The normalized spacial score (nSPS) is 16.1. The molecule has 5 heteroatoms. The molecule has 1 amide bonds. The first-order valence-electron chi connectivity index (χ1n) is 6.68. The number of amides is 1. The minimum Gasteiger partial charge on any atom is -0.351 e. The van der Waals surface area contributed by atoms with Gasteiger partial charge in [0.25, 0.3) is 5.91 Å². The van der Waals surface area contributed by atoms with E-state index in [1.165, 1.54) is 25.7 Å². The van der Waals surface area contributed by atoms with Gasteiger partial charge >= 0.3 is 0 Å². The molecule has 0 aliphatic heterocycles. The summed E-state index contributed by atoms with van der Waals surface area (Å²) in [6.07, 6.45) is 5.85. The van der Waals surface area contributed by atoms with E-state index in [-0.39, 0.29) is 5.91 Å². The van der Waals surface area contributed by atoms with Crippen LogP contribution in [0.15, 0.2) is 0 Å². The second-order valence-electron chi connectivity index (χ2n) is 4.85. The van der Waals surface area contributed by atoms with Crippen LogP contribution in [-0.2, 0) is 0 Å². The van der Waals surface area contributed by atoms with Crippen molar-refractivity contribution in [2.24, 2.45) is 5.73 Å². The topological polar surface area (TPSA) is 68.0 Å². The van der Waals surface area contributed by atoms with Gasteiger partial charge < -0.3 is 11.1 Å². The van der Waals surface area contributed by atoms with Crippen molar-refractivity contribution in [3.63, 3.8) is 0 Å². The van der Waals surface area contributed by atoms with Crippen molar-refractivity contribution < 1.29 is 4.79 Å². The van der Waals surface area contributed by atoms with E-state index in [0.717, 1.165) is 22.0 Å². The van der Waals surface area contributed by atoms with E-state index in [2.05, 4.69) is 10.3 Å². The fourth-order valence-corrected chi connectivity index (χ4v) is 3.51. The third-order valence-corrected chi connectivity index (χ3v) is 4.71. The Morgan fingerprint density at radius 1 is 1.50 bits per heavy atom. The minimum atomic E-state index is 0.00250. The average molecular weight is 267 g/mol. The van der Waals surface area contributed by atoms with Crippen LogP contribution >= 0.6 is 11.3 Å². The predicted octanol–water partition coefficient (Wildman–Crippen LogP) is 2.19. The summed E-state index contributed by atoms with van der Waals surface area (Å²) in [7, 11) is 0. The van der Waals surface area contributed by atoms with Gasteiger partial charge in [-0.1, -0.05) is 12.8 Å². The third-order valence-electron chi connectivity index (χ3n) is 3.39. The quantitative estimate of drug-likeness (QED) is 0.804. The van der Waals surface area contributed by atoms with Crippen molar-refractivity contribution in [2.45, 2.75) is 44.9 Å². The van der Waals surface area contributed by atoms with Gasteiger partial charge in [0.05, 0.1) is 10.7 Å². The third kappa shape index (κ3) is 3.09. The summed E-state index contributed by atoms with van der Waals surface area (Å²) in [6.45, 7) is 3.17. The van der Waals surface area contributed by atoms with Gasteiger partial charge in [0, 0.05) is 12.5 Å². The van der Waals surface area contributed by atoms with Crippen LogP contribution in [0.5, 0.6) is 0 Å². The first-order chi connectivity index (χ1) is 8.72. The number of nitrogens with one attached hydrogen (secondary N) is 1. The molecule has 0 spiro atoms. The maximum Gasteiger partial charge on any atom is 0.263 e. The van der Waals surface area contributed by atoms with Crippen molar-refractivity contribution in [3.8, 4) is 0 Å². The van der Waals surface area contributed by atoms with E-state index in [1.807, 2.05) is 6.92 Å². The Bertz CT molecular complexity index is 410. The highest BCUT2D eigenvalue weighted by molar-refractivity contribution is 7.13. The standard InChI is InChI=1S/C13H21N3OS/c1-9-11(12(17)15-8-4-7-14)18-13(16-9)10-5-2-3-6-10/h10H,2-8,14H2,1H3,(H,15,17). The lowest BCUT2D eigenvalue weighted by molar-refractivity contribution is 0.0957.